The zero-order valence-corrected chi connectivity index (χ0v) is 13.3. The average Bonchev–Trinajstić information content (AvgIpc) is 2.53. The minimum absolute atomic E-state index is 0.0250. The summed E-state index contributed by atoms with van der Waals surface area (Å²) in [4.78, 5) is 14.0. The Morgan fingerprint density at radius 1 is 1.38 bits per heavy atom. The van der Waals surface area contributed by atoms with Crippen LogP contribution in [0.25, 0.3) is 0 Å². The number of aromatic nitrogens is 1. The van der Waals surface area contributed by atoms with Gasteiger partial charge in [0.25, 0.3) is 0 Å². The third-order valence-electron chi connectivity index (χ3n) is 3.23. The van der Waals surface area contributed by atoms with Gasteiger partial charge < -0.3 is 5.32 Å². The highest BCUT2D eigenvalue weighted by molar-refractivity contribution is 7.89. The van der Waals surface area contributed by atoms with E-state index in [2.05, 4.69) is 10.3 Å². The van der Waals surface area contributed by atoms with Crippen LogP contribution in [0.15, 0.2) is 41.3 Å². The summed E-state index contributed by atoms with van der Waals surface area (Å²) < 4.78 is 22.8. The quantitative estimate of drug-likeness (QED) is 0.616. The van der Waals surface area contributed by atoms with Gasteiger partial charge in [-0.25, -0.2) is 18.5 Å². The van der Waals surface area contributed by atoms with Crippen molar-refractivity contribution in [2.75, 3.05) is 5.32 Å². The topological polar surface area (TPSA) is 152 Å². The third-order valence-corrected chi connectivity index (χ3v) is 4.14. The molecule has 1 aromatic heterocycles. The van der Waals surface area contributed by atoms with Crippen LogP contribution in [-0.2, 0) is 10.0 Å². The van der Waals surface area contributed by atoms with Crippen LogP contribution in [0.1, 0.15) is 24.2 Å². The zero-order valence-electron chi connectivity index (χ0n) is 12.5. The van der Waals surface area contributed by atoms with Crippen molar-refractivity contribution in [2.45, 2.75) is 17.9 Å². The van der Waals surface area contributed by atoms with Gasteiger partial charge in [-0.05, 0) is 30.7 Å². The van der Waals surface area contributed by atoms with Crippen LogP contribution in [0.4, 0.5) is 11.5 Å². The molecule has 124 valence electrons. The lowest BCUT2D eigenvalue weighted by atomic mass is 10.1. The van der Waals surface area contributed by atoms with Gasteiger partial charge in [0.1, 0.15) is 11.9 Å². The molecule has 0 aliphatic rings. The second-order valence-electron chi connectivity index (χ2n) is 4.92. The van der Waals surface area contributed by atoms with Gasteiger partial charge >= 0.3 is 5.69 Å². The first kappa shape index (κ1) is 17.3. The molecule has 3 N–H and O–H groups in total. The number of nitrogens with two attached hydrogens (primary N) is 1. The van der Waals surface area contributed by atoms with Gasteiger partial charge in [0.2, 0.25) is 15.7 Å². The van der Waals surface area contributed by atoms with Crippen molar-refractivity contribution in [3.8, 4) is 6.07 Å². The number of nitrogens with one attached hydrogen (secondary N) is 1. The molecule has 0 bridgehead atoms. The molecule has 1 atom stereocenters. The highest BCUT2D eigenvalue weighted by atomic mass is 32.2. The molecule has 9 nitrogen and oxygen atoms in total. The van der Waals surface area contributed by atoms with Gasteiger partial charge in [-0.3, -0.25) is 10.1 Å². The number of hydrogen-bond acceptors (Lipinski definition) is 7. The van der Waals surface area contributed by atoms with Crippen molar-refractivity contribution in [1.29, 1.82) is 5.26 Å². The van der Waals surface area contributed by atoms with E-state index in [0.29, 0.717) is 5.56 Å². The van der Waals surface area contributed by atoms with Crippen LogP contribution in [0.3, 0.4) is 0 Å². The molecule has 0 aliphatic heterocycles. The van der Waals surface area contributed by atoms with Crippen molar-refractivity contribution in [1.82, 2.24) is 4.98 Å². The van der Waals surface area contributed by atoms with Crippen molar-refractivity contribution < 1.29 is 13.3 Å². The molecule has 2 aromatic rings. The summed E-state index contributed by atoms with van der Waals surface area (Å²) in [6.07, 6.45) is 0. The van der Waals surface area contributed by atoms with Crippen LogP contribution >= 0.6 is 0 Å². The number of anilines is 1. The summed E-state index contributed by atoms with van der Waals surface area (Å²) in [5, 5.41) is 27.8. The Bertz CT molecular complexity index is 936. The summed E-state index contributed by atoms with van der Waals surface area (Å²) in [6.45, 7) is 1.75. The van der Waals surface area contributed by atoms with Gasteiger partial charge in [-0.2, -0.15) is 5.26 Å². The molecule has 0 spiro atoms. The van der Waals surface area contributed by atoms with E-state index < -0.39 is 14.9 Å². The summed E-state index contributed by atoms with van der Waals surface area (Å²) in [6, 6.07) is 9.91. The number of hydrogen-bond donors (Lipinski definition) is 2. The largest absolute Gasteiger partial charge is 0.364 e. The molecule has 10 heteroatoms. The van der Waals surface area contributed by atoms with E-state index in [1.807, 2.05) is 0 Å². The van der Waals surface area contributed by atoms with E-state index in [-0.39, 0.29) is 28.1 Å². The summed E-state index contributed by atoms with van der Waals surface area (Å²) in [5.41, 5.74) is -0.0670. The number of primary sulfonamides is 1. The lowest BCUT2D eigenvalue weighted by molar-refractivity contribution is -0.385. The molecule has 2 rings (SSSR count). The number of sulfonamides is 1. The Kier molecular flexibility index (Phi) is 4.77. The zero-order chi connectivity index (χ0) is 17.9. The molecule has 0 saturated carbocycles. The molecule has 1 aromatic carbocycles. The normalized spacial score (nSPS) is 12.2. The standard InChI is InChI=1S/C14H13N5O4S/c1-9(10-3-2-4-11(7-10)24(16,22)23)17-14-6-5-13(19(20)21)12(8-15)18-14/h2-7,9H,1H3,(H,17,18)(H2,16,22,23). The molecule has 1 heterocycles. The maximum atomic E-state index is 11.4. The number of nitrogens with zero attached hydrogens (tertiary/aromatic N) is 3. The van der Waals surface area contributed by atoms with Gasteiger partial charge in [-0.1, -0.05) is 12.1 Å². The first-order chi connectivity index (χ1) is 11.2. The Labute approximate surface area is 137 Å². The number of benzene rings is 1. The van der Waals surface area contributed by atoms with Crippen molar-refractivity contribution in [3.05, 3.63) is 57.8 Å². The second-order valence-corrected chi connectivity index (χ2v) is 6.48. The predicted molar refractivity (Wildman–Crippen MR) is 85.5 cm³/mol. The minimum atomic E-state index is -3.82. The summed E-state index contributed by atoms with van der Waals surface area (Å²) >= 11 is 0. The minimum Gasteiger partial charge on any atom is -0.364 e. The average molecular weight is 347 g/mol. The third kappa shape index (κ3) is 3.83. The van der Waals surface area contributed by atoms with E-state index >= 15 is 0 Å². The van der Waals surface area contributed by atoms with Crippen molar-refractivity contribution in [3.63, 3.8) is 0 Å². The summed E-state index contributed by atoms with van der Waals surface area (Å²) in [7, 11) is -3.82. The maximum absolute atomic E-state index is 11.4. The Morgan fingerprint density at radius 3 is 2.67 bits per heavy atom. The highest BCUT2D eigenvalue weighted by Gasteiger charge is 2.17. The summed E-state index contributed by atoms with van der Waals surface area (Å²) in [5.74, 6) is 0.255. The van der Waals surface area contributed by atoms with Gasteiger partial charge in [0.15, 0.2) is 0 Å². The Morgan fingerprint density at radius 2 is 2.08 bits per heavy atom. The van der Waals surface area contributed by atoms with E-state index in [0.717, 1.165) is 0 Å². The van der Waals surface area contributed by atoms with Crippen LogP contribution in [0.5, 0.6) is 0 Å². The van der Waals surface area contributed by atoms with Gasteiger partial charge in [-0.15, -0.1) is 0 Å². The monoisotopic (exact) mass is 347 g/mol. The van der Waals surface area contributed by atoms with E-state index in [9.17, 15) is 18.5 Å². The van der Waals surface area contributed by atoms with Crippen molar-refractivity contribution >= 4 is 21.5 Å². The van der Waals surface area contributed by atoms with Gasteiger partial charge in [0.05, 0.1) is 9.82 Å². The first-order valence-corrected chi connectivity index (χ1v) is 8.22. The number of nitro groups is 1. The second kappa shape index (κ2) is 6.61. The van der Waals surface area contributed by atoms with Crippen molar-refractivity contribution in [2.24, 2.45) is 5.14 Å². The van der Waals surface area contributed by atoms with Gasteiger partial charge in [0, 0.05) is 12.1 Å². The van der Waals surface area contributed by atoms with Crippen LogP contribution in [0, 0.1) is 21.4 Å². The van der Waals surface area contributed by atoms with E-state index in [1.54, 1.807) is 25.1 Å². The Hall–Kier alpha value is -3.03. The molecule has 0 amide bonds. The smallest absolute Gasteiger partial charge is 0.305 e. The fraction of sp³-hybridized carbons (Fsp3) is 0.143. The SMILES string of the molecule is CC(Nc1ccc([N+](=O)[O-])c(C#N)n1)c1cccc(S(N)(=O)=O)c1. The number of pyridine rings is 1. The lowest BCUT2D eigenvalue weighted by Gasteiger charge is -2.15. The molecule has 1 unspecified atom stereocenters. The molecule has 0 aliphatic carbocycles. The first-order valence-electron chi connectivity index (χ1n) is 6.67. The lowest BCUT2D eigenvalue weighted by Crippen LogP contribution is -2.14. The maximum Gasteiger partial charge on any atom is 0.305 e. The fourth-order valence-electron chi connectivity index (χ4n) is 2.03. The number of nitriles is 1. The molecular weight excluding hydrogens is 334 g/mol. The molecule has 0 fully saturated rings. The van der Waals surface area contributed by atoms with Crippen LogP contribution in [0.2, 0.25) is 0 Å². The highest BCUT2D eigenvalue weighted by Crippen LogP contribution is 2.23. The fourth-order valence-corrected chi connectivity index (χ4v) is 2.60. The number of rotatable bonds is 5. The molecule has 0 saturated heterocycles. The predicted octanol–water partition coefficient (Wildman–Crippen LogP) is 1.68. The van der Waals surface area contributed by atoms with Crippen LogP contribution in [-0.4, -0.2) is 18.3 Å². The molecular formula is C14H13N5O4S. The van der Waals surface area contributed by atoms with Crippen LogP contribution < -0.4 is 10.5 Å². The van der Waals surface area contributed by atoms with E-state index in [4.69, 9.17) is 10.4 Å². The molecule has 24 heavy (non-hydrogen) atoms. The molecule has 0 radical (unpaired) electrons. The Balaban J connectivity index is 2.29. The van der Waals surface area contributed by atoms with E-state index in [1.165, 1.54) is 24.3 Å².